The number of carbonyl (C=O) groups is 1. The van der Waals surface area contributed by atoms with Crippen molar-refractivity contribution in [2.45, 2.75) is 287 Å². The van der Waals surface area contributed by atoms with Gasteiger partial charge in [-0.1, -0.05) is 214 Å². The van der Waals surface area contributed by atoms with Gasteiger partial charge in [0.25, 0.3) is 0 Å². The monoisotopic (exact) mass is 1140 g/mol. The second-order valence-corrected chi connectivity index (χ2v) is 21.8. The summed E-state index contributed by atoms with van der Waals surface area (Å²) >= 11 is 0. The van der Waals surface area contributed by atoms with Gasteiger partial charge in [-0.3, -0.25) is 4.79 Å². The SMILES string of the molecule is CC/C=C\C/C=C\C/C=C\C/C=C\C/C=C\CCCCCCCCCCCCOCC(COC1OC(COC2OC(CO)C(O)C(O)C2O)C(O)C(O)C1O)OC(=O)CCCCCCCC/C=C\C/C=C\C/C=C\CCCCCCC. The number of unbranched alkanes of at least 4 members (excludes halogenated alkanes) is 21. The van der Waals surface area contributed by atoms with Gasteiger partial charge in [-0.15, -0.1) is 0 Å². The standard InChI is InChI=1S/C67H114O14/c1-3-5-7-9-11-13-15-17-19-21-23-25-26-27-28-29-31-33-35-37-39-41-43-45-47-49-51-76-53-56(54-77-66-65(75)63(73)61(71)58(81-66)55-78-67-64(74)62(72)60(70)57(52-68)80-67)79-59(69)50-48-46-44-42-40-38-36-34-32-30-24-22-20-18-16-14-12-10-8-6-4-2/h5,7,11,13,16-19,22-25,27-28,32,34,56-58,60-68,70-75H,3-4,6,8-10,12,14-15,20-21,26,29-31,33,35-55H2,1-2H3/b7-5-,13-11-,18-16-,19-17-,24-22-,25-23-,28-27-,34-32-. The Bertz CT molecular complexity index is 1710. The van der Waals surface area contributed by atoms with E-state index >= 15 is 0 Å². The third-order valence-corrected chi connectivity index (χ3v) is 14.6. The lowest BCUT2D eigenvalue weighted by Gasteiger charge is -2.42. The number of hydrogen-bond donors (Lipinski definition) is 7. The summed E-state index contributed by atoms with van der Waals surface area (Å²) in [6, 6.07) is 0. The normalized spacial score (nSPS) is 24.4. The van der Waals surface area contributed by atoms with Crippen LogP contribution < -0.4 is 0 Å². The summed E-state index contributed by atoms with van der Waals surface area (Å²) in [6.07, 6.45) is 54.6. The van der Waals surface area contributed by atoms with Crippen molar-refractivity contribution >= 4 is 5.97 Å². The van der Waals surface area contributed by atoms with Crippen molar-refractivity contribution < 1.29 is 69.0 Å². The molecule has 2 saturated heterocycles. The molecule has 2 rings (SSSR count). The van der Waals surface area contributed by atoms with Crippen LogP contribution in [-0.2, 0) is 33.2 Å². The fourth-order valence-corrected chi connectivity index (χ4v) is 9.50. The molecule has 0 aromatic rings. The van der Waals surface area contributed by atoms with Crippen LogP contribution in [0.4, 0.5) is 0 Å². The van der Waals surface area contributed by atoms with E-state index in [-0.39, 0.29) is 19.6 Å². The number of esters is 1. The average Bonchev–Trinajstić information content (AvgIpc) is 3.60. The van der Waals surface area contributed by atoms with Crippen LogP contribution in [0.25, 0.3) is 0 Å². The average molecular weight is 1140 g/mol. The molecule has 0 bridgehead atoms. The first-order chi connectivity index (χ1) is 39.6. The second-order valence-electron chi connectivity index (χ2n) is 21.8. The molecule has 14 heteroatoms. The molecule has 2 fully saturated rings. The van der Waals surface area contributed by atoms with E-state index in [9.17, 15) is 40.5 Å². The molecule has 0 radical (unpaired) electrons. The van der Waals surface area contributed by atoms with Crippen LogP contribution in [0.3, 0.4) is 0 Å². The van der Waals surface area contributed by atoms with Gasteiger partial charge in [0, 0.05) is 13.0 Å². The van der Waals surface area contributed by atoms with Crippen molar-refractivity contribution in [3.05, 3.63) is 97.2 Å². The van der Waals surface area contributed by atoms with E-state index in [0.29, 0.717) is 13.0 Å². The maximum absolute atomic E-state index is 13.1. The van der Waals surface area contributed by atoms with Gasteiger partial charge in [0.05, 0.1) is 26.4 Å². The van der Waals surface area contributed by atoms with Gasteiger partial charge in [-0.25, -0.2) is 0 Å². The van der Waals surface area contributed by atoms with Crippen molar-refractivity contribution in [2.24, 2.45) is 0 Å². The molecule has 0 aliphatic carbocycles. The third-order valence-electron chi connectivity index (χ3n) is 14.6. The Morgan fingerprint density at radius 1 is 0.420 bits per heavy atom. The Morgan fingerprint density at radius 2 is 0.802 bits per heavy atom. The molecule has 0 aromatic carbocycles. The quantitative estimate of drug-likeness (QED) is 0.0172. The highest BCUT2D eigenvalue weighted by atomic mass is 16.7. The van der Waals surface area contributed by atoms with Crippen molar-refractivity contribution in [1.29, 1.82) is 0 Å². The number of aliphatic hydroxyl groups is 7. The molecule has 2 aliphatic rings. The molecule has 14 nitrogen and oxygen atoms in total. The van der Waals surface area contributed by atoms with E-state index in [4.69, 9.17) is 28.4 Å². The molecule has 11 atom stereocenters. The first-order valence-electron chi connectivity index (χ1n) is 31.8. The summed E-state index contributed by atoms with van der Waals surface area (Å²) in [5.41, 5.74) is 0. The lowest BCUT2D eigenvalue weighted by Crippen LogP contribution is -2.61. The summed E-state index contributed by atoms with van der Waals surface area (Å²) in [6.45, 7) is 3.54. The Kier molecular flexibility index (Phi) is 47.9. The van der Waals surface area contributed by atoms with Crippen LogP contribution in [0.15, 0.2) is 97.2 Å². The molecular formula is C67H114O14. The van der Waals surface area contributed by atoms with Gasteiger partial charge in [-0.2, -0.15) is 0 Å². The smallest absolute Gasteiger partial charge is 0.306 e. The van der Waals surface area contributed by atoms with Crippen LogP contribution in [0.2, 0.25) is 0 Å². The highest BCUT2D eigenvalue weighted by Gasteiger charge is 2.47. The molecule has 11 unspecified atom stereocenters. The van der Waals surface area contributed by atoms with Gasteiger partial charge in [-0.05, 0) is 96.3 Å². The Morgan fingerprint density at radius 3 is 1.26 bits per heavy atom. The summed E-state index contributed by atoms with van der Waals surface area (Å²) in [7, 11) is 0. The van der Waals surface area contributed by atoms with Gasteiger partial charge in [0.15, 0.2) is 12.6 Å². The summed E-state index contributed by atoms with van der Waals surface area (Å²) in [5.74, 6) is -0.392. The number of rotatable bonds is 51. The third kappa shape index (κ3) is 38.5. The highest BCUT2D eigenvalue weighted by molar-refractivity contribution is 5.69. The Balaban J connectivity index is 1.69. The van der Waals surface area contributed by atoms with E-state index in [2.05, 4.69) is 111 Å². The summed E-state index contributed by atoms with van der Waals surface area (Å²) in [4.78, 5) is 13.1. The second kappa shape index (κ2) is 52.5. The minimum atomic E-state index is -1.72. The molecule has 7 N–H and O–H groups in total. The lowest BCUT2D eigenvalue weighted by atomic mass is 9.98. The van der Waals surface area contributed by atoms with Gasteiger partial charge < -0.3 is 64.2 Å². The zero-order chi connectivity index (χ0) is 58.6. The number of aliphatic hydroxyl groups excluding tert-OH is 7. The molecule has 0 saturated carbocycles. The number of carbonyl (C=O) groups excluding carboxylic acids is 1. The molecule has 2 aliphatic heterocycles. The van der Waals surface area contributed by atoms with Crippen molar-refractivity contribution in [3.8, 4) is 0 Å². The number of allylic oxidation sites excluding steroid dienone is 16. The van der Waals surface area contributed by atoms with Crippen molar-refractivity contribution in [2.75, 3.05) is 33.0 Å². The van der Waals surface area contributed by atoms with E-state index in [1.165, 1.54) is 83.5 Å². The van der Waals surface area contributed by atoms with Crippen LogP contribution >= 0.6 is 0 Å². The zero-order valence-corrected chi connectivity index (χ0v) is 50.2. The van der Waals surface area contributed by atoms with Crippen molar-refractivity contribution in [1.82, 2.24) is 0 Å². The predicted molar refractivity (Wildman–Crippen MR) is 325 cm³/mol. The molecule has 0 spiro atoms. The summed E-state index contributed by atoms with van der Waals surface area (Å²) < 4.78 is 34.5. The van der Waals surface area contributed by atoms with E-state index in [0.717, 1.165) is 109 Å². The number of hydrogen-bond acceptors (Lipinski definition) is 14. The highest BCUT2D eigenvalue weighted by Crippen LogP contribution is 2.27. The molecule has 0 aromatic heterocycles. The maximum atomic E-state index is 13.1. The first-order valence-corrected chi connectivity index (χ1v) is 31.8. The lowest BCUT2D eigenvalue weighted by molar-refractivity contribution is -0.332. The minimum Gasteiger partial charge on any atom is -0.457 e. The fraction of sp³-hybridized carbons (Fsp3) is 0.746. The molecular weight excluding hydrogens is 1030 g/mol. The Hall–Kier alpha value is -3.09. The van der Waals surface area contributed by atoms with E-state index in [1.807, 2.05) is 0 Å². The minimum absolute atomic E-state index is 0.0475. The van der Waals surface area contributed by atoms with E-state index in [1.54, 1.807) is 0 Å². The predicted octanol–water partition coefficient (Wildman–Crippen LogP) is 12.5. The largest absolute Gasteiger partial charge is 0.457 e. The molecule has 2 heterocycles. The van der Waals surface area contributed by atoms with Crippen LogP contribution in [0.5, 0.6) is 0 Å². The van der Waals surface area contributed by atoms with Crippen molar-refractivity contribution in [3.63, 3.8) is 0 Å². The molecule has 0 amide bonds. The zero-order valence-electron chi connectivity index (χ0n) is 50.2. The van der Waals surface area contributed by atoms with Gasteiger partial charge >= 0.3 is 5.97 Å². The van der Waals surface area contributed by atoms with Crippen LogP contribution in [-0.4, -0.2) is 142 Å². The van der Waals surface area contributed by atoms with E-state index < -0.39 is 86.7 Å². The number of ether oxygens (including phenoxy) is 6. The summed E-state index contributed by atoms with van der Waals surface area (Å²) in [5, 5.41) is 72.5. The van der Waals surface area contributed by atoms with Gasteiger partial charge in [0.2, 0.25) is 0 Å². The fourth-order valence-electron chi connectivity index (χ4n) is 9.50. The molecule has 81 heavy (non-hydrogen) atoms. The maximum Gasteiger partial charge on any atom is 0.306 e. The molecule has 466 valence electrons. The van der Waals surface area contributed by atoms with Gasteiger partial charge in [0.1, 0.15) is 54.9 Å². The van der Waals surface area contributed by atoms with Crippen LogP contribution in [0.1, 0.15) is 219 Å². The van der Waals surface area contributed by atoms with Crippen LogP contribution in [0, 0.1) is 0 Å². The topological polar surface area (TPSA) is 214 Å². The first kappa shape index (κ1) is 74.0. The Labute approximate surface area is 490 Å².